The van der Waals surface area contributed by atoms with Crippen LogP contribution in [0, 0.1) is 0 Å². The Labute approximate surface area is 231 Å². The molecule has 3 nitrogen and oxygen atoms in total. The van der Waals surface area contributed by atoms with E-state index in [1.165, 1.54) is 0 Å². The molecule has 0 aliphatic rings. The zero-order valence-corrected chi connectivity index (χ0v) is 25.7. The normalized spacial score (nSPS) is 13.2. The molecule has 0 spiro atoms. The molecule has 0 radical (unpaired) electrons. The highest BCUT2D eigenvalue weighted by Gasteiger charge is 2.31. The molecule has 0 fully saturated rings. The van der Waals surface area contributed by atoms with Crippen molar-refractivity contribution in [3.05, 3.63) is 88.0 Å². The van der Waals surface area contributed by atoms with E-state index >= 15 is 0 Å². The first-order chi connectivity index (χ1) is 17.2. The van der Waals surface area contributed by atoms with Crippen molar-refractivity contribution in [3.8, 4) is 11.5 Å². The van der Waals surface area contributed by atoms with Gasteiger partial charge in [0.1, 0.15) is 11.5 Å². The van der Waals surface area contributed by atoms with E-state index < -0.39 is 0 Å². The molecular weight excluding hydrogens is 466 g/mol. The van der Waals surface area contributed by atoms with Gasteiger partial charge in [-0.3, -0.25) is 0 Å². The van der Waals surface area contributed by atoms with Gasteiger partial charge in [0.05, 0.1) is 6.04 Å². The zero-order chi connectivity index (χ0) is 28.8. The summed E-state index contributed by atoms with van der Waals surface area (Å²) in [6.07, 6.45) is 0. The summed E-state index contributed by atoms with van der Waals surface area (Å²) in [5.74, 6) is 0.757. The number of aromatic hydroxyl groups is 2. The lowest BCUT2D eigenvalue weighted by molar-refractivity contribution is 0.422. The van der Waals surface area contributed by atoms with E-state index in [-0.39, 0.29) is 27.7 Å². The molecule has 3 aromatic carbocycles. The fraction of sp³-hybridized carbons (Fsp3) is 0.486. The fourth-order valence-electron chi connectivity index (χ4n) is 4.99. The Balaban J connectivity index is 2.43. The maximum Gasteiger partial charge on any atom is 0.123 e. The maximum absolute atomic E-state index is 11.4. The average molecular weight is 516 g/mol. The van der Waals surface area contributed by atoms with E-state index in [2.05, 4.69) is 125 Å². The molecule has 0 atom stereocenters. The van der Waals surface area contributed by atoms with Crippen molar-refractivity contribution in [2.45, 2.75) is 111 Å². The number of hydrogen-bond acceptors (Lipinski definition) is 3. The standard InChI is InChI=1S/C35H49NO2/c1-32(2,3)25-18-22(19-26(30(25)37)33(4,5)6)29(36-24-16-14-13-15-17-24)23-20-27(34(7,8)9)31(38)28(21-23)35(10,11)12/h13-21,29,36-38H,1-12H3. The van der Waals surface area contributed by atoms with Gasteiger partial charge in [0, 0.05) is 5.69 Å². The lowest BCUT2D eigenvalue weighted by atomic mass is 9.75. The fourth-order valence-corrected chi connectivity index (χ4v) is 4.99. The number of para-hydroxylation sites is 1. The van der Waals surface area contributed by atoms with E-state index in [9.17, 15) is 10.2 Å². The predicted molar refractivity (Wildman–Crippen MR) is 163 cm³/mol. The molecule has 38 heavy (non-hydrogen) atoms. The Morgan fingerprint density at radius 3 is 1.05 bits per heavy atom. The quantitative estimate of drug-likeness (QED) is 0.324. The lowest BCUT2D eigenvalue weighted by Crippen LogP contribution is -2.22. The Morgan fingerprint density at radius 1 is 0.500 bits per heavy atom. The number of rotatable bonds is 4. The van der Waals surface area contributed by atoms with E-state index in [0.29, 0.717) is 11.5 Å². The molecule has 0 heterocycles. The van der Waals surface area contributed by atoms with Gasteiger partial charge in [-0.25, -0.2) is 0 Å². The smallest absolute Gasteiger partial charge is 0.123 e. The van der Waals surface area contributed by atoms with E-state index in [0.717, 1.165) is 39.1 Å². The second-order valence-corrected chi connectivity index (χ2v) is 14.9. The van der Waals surface area contributed by atoms with Crippen LogP contribution in [0.25, 0.3) is 0 Å². The summed E-state index contributed by atoms with van der Waals surface area (Å²) in [7, 11) is 0. The highest BCUT2D eigenvalue weighted by atomic mass is 16.3. The molecule has 0 amide bonds. The minimum atomic E-state index is -0.237. The molecule has 3 N–H and O–H groups in total. The average Bonchev–Trinajstić information content (AvgIpc) is 2.75. The van der Waals surface area contributed by atoms with Crippen molar-refractivity contribution in [1.29, 1.82) is 0 Å². The van der Waals surface area contributed by atoms with Crippen LogP contribution in [-0.4, -0.2) is 10.2 Å². The Hall–Kier alpha value is -2.94. The number of nitrogens with one attached hydrogen (secondary N) is 1. The van der Waals surface area contributed by atoms with Crippen LogP contribution in [0.1, 0.15) is 123 Å². The monoisotopic (exact) mass is 515 g/mol. The lowest BCUT2D eigenvalue weighted by Gasteiger charge is -2.33. The highest BCUT2D eigenvalue weighted by molar-refractivity contribution is 5.58. The van der Waals surface area contributed by atoms with Gasteiger partial charge < -0.3 is 15.5 Å². The van der Waals surface area contributed by atoms with Crippen LogP contribution in [0.15, 0.2) is 54.6 Å². The third-order valence-electron chi connectivity index (χ3n) is 7.25. The van der Waals surface area contributed by atoms with Crippen LogP contribution in [-0.2, 0) is 21.7 Å². The number of phenols is 2. The second-order valence-electron chi connectivity index (χ2n) is 14.9. The van der Waals surface area contributed by atoms with E-state index in [1.807, 2.05) is 18.2 Å². The first-order valence-corrected chi connectivity index (χ1v) is 13.8. The molecule has 3 heteroatoms. The first kappa shape index (κ1) is 29.6. The molecule has 0 aromatic heterocycles. The highest BCUT2D eigenvalue weighted by Crippen LogP contribution is 2.45. The summed E-state index contributed by atoms with van der Waals surface area (Å²) >= 11 is 0. The Morgan fingerprint density at radius 2 is 0.789 bits per heavy atom. The molecule has 0 saturated carbocycles. The van der Waals surface area contributed by atoms with Crippen LogP contribution in [0.4, 0.5) is 5.69 Å². The van der Waals surface area contributed by atoms with Gasteiger partial charge in [0.2, 0.25) is 0 Å². The van der Waals surface area contributed by atoms with Crippen LogP contribution in [0.3, 0.4) is 0 Å². The van der Waals surface area contributed by atoms with E-state index in [4.69, 9.17) is 0 Å². The van der Waals surface area contributed by atoms with Gasteiger partial charge in [-0.2, -0.15) is 0 Å². The van der Waals surface area contributed by atoms with Gasteiger partial charge in [0.25, 0.3) is 0 Å². The minimum absolute atomic E-state index is 0.192. The molecular formula is C35H49NO2. The molecule has 3 rings (SSSR count). The van der Waals surface area contributed by atoms with Crippen LogP contribution in [0.2, 0.25) is 0 Å². The SMILES string of the molecule is CC(C)(C)c1cc(C(Nc2ccccc2)c2cc(C(C)(C)C)c(O)c(C(C)(C)C)c2)cc(C(C)(C)C)c1O. The number of hydrogen-bond donors (Lipinski definition) is 3. The van der Waals surface area contributed by atoms with Crippen molar-refractivity contribution < 1.29 is 10.2 Å². The summed E-state index contributed by atoms with van der Waals surface area (Å²) in [6, 6.07) is 18.7. The number of anilines is 1. The predicted octanol–water partition coefficient (Wildman–Crippen LogP) is 9.49. The van der Waals surface area contributed by atoms with Gasteiger partial charge in [-0.15, -0.1) is 0 Å². The molecule has 0 unspecified atom stereocenters. The maximum atomic E-state index is 11.4. The third kappa shape index (κ3) is 6.37. The summed E-state index contributed by atoms with van der Waals surface area (Å²) in [6.45, 7) is 25.8. The summed E-state index contributed by atoms with van der Waals surface area (Å²) in [5, 5.41) is 26.6. The van der Waals surface area contributed by atoms with Crippen molar-refractivity contribution in [2.75, 3.05) is 5.32 Å². The van der Waals surface area contributed by atoms with E-state index in [1.54, 1.807) is 0 Å². The Bertz CT molecular complexity index is 1130. The first-order valence-electron chi connectivity index (χ1n) is 13.8. The topological polar surface area (TPSA) is 52.5 Å². The van der Waals surface area contributed by atoms with Gasteiger partial charge in [-0.1, -0.05) is 101 Å². The molecule has 3 aromatic rings. The Kier molecular flexibility index (Phi) is 7.78. The van der Waals surface area contributed by atoms with Crippen molar-refractivity contribution in [2.24, 2.45) is 0 Å². The molecule has 206 valence electrons. The van der Waals surface area contributed by atoms with Gasteiger partial charge >= 0.3 is 0 Å². The summed E-state index contributed by atoms with van der Waals surface area (Å²) < 4.78 is 0. The molecule has 0 bridgehead atoms. The second kappa shape index (κ2) is 9.98. The summed E-state index contributed by atoms with van der Waals surface area (Å²) in [4.78, 5) is 0. The number of phenolic OH excluding ortho intramolecular Hbond substituents is 2. The van der Waals surface area contributed by atoms with Crippen LogP contribution < -0.4 is 5.32 Å². The van der Waals surface area contributed by atoms with Crippen LogP contribution in [0.5, 0.6) is 11.5 Å². The van der Waals surface area contributed by atoms with Gasteiger partial charge in [-0.05, 0) is 91.4 Å². The zero-order valence-electron chi connectivity index (χ0n) is 25.7. The summed E-state index contributed by atoms with van der Waals surface area (Å²) in [5.41, 5.74) is 5.99. The van der Waals surface area contributed by atoms with Gasteiger partial charge in [0.15, 0.2) is 0 Å². The van der Waals surface area contributed by atoms with Crippen molar-refractivity contribution in [1.82, 2.24) is 0 Å². The largest absolute Gasteiger partial charge is 0.507 e. The van der Waals surface area contributed by atoms with Crippen molar-refractivity contribution in [3.63, 3.8) is 0 Å². The van der Waals surface area contributed by atoms with Crippen LogP contribution >= 0.6 is 0 Å². The third-order valence-corrected chi connectivity index (χ3v) is 7.25. The number of benzene rings is 3. The molecule has 0 aliphatic carbocycles. The minimum Gasteiger partial charge on any atom is -0.507 e. The molecule has 0 saturated heterocycles. The molecule has 0 aliphatic heterocycles. The van der Waals surface area contributed by atoms with Crippen molar-refractivity contribution >= 4 is 5.69 Å².